The molecular formula is C21H15ClF6N4O3. The molecule has 1 aromatic heterocycles. The van der Waals surface area contributed by atoms with Gasteiger partial charge in [0.1, 0.15) is 39.7 Å². The fraction of sp³-hybridized carbons (Fsp3) is 0.286. The summed E-state index contributed by atoms with van der Waals surface area (Å²) in [5, 5.41) is 5.39. The average Bonchev–Trinajstić information content (AvgIpc) is 3.12. The van der Waals surface area contributed by atoms with Crippen molar-refractivity contribution in [1.82, 2.24) is 14.3 Å². The minimum atomic E-state index is -4.82. The first-order chi connectivity index (χ1) is 16.4. The van der Waals surface area contributed by atoms with Crippen molar-refractivity contribution in [3.8, 4) is 11.4 Å². The van der Waals surface area contributed by atoms with Crippen molar-refractivity contribution in [3.63, 3.8) is 0 Å². The Balaban J connectivity index is 1.77. The summed E-state index contributed by atoms with van der Waals surface area (Å²) in [4.78, 5) is 25.4. The molecular weight excluding hydrogens is 506 g/mol. The SMILES string of the molecule is O=C(Nc1cc(F)cc(F)c1Cl)c1cc(F)c(-n2nc3n(c2=O)CCCC3)cc1OCC(F)(F)F. The van der Waals surface area contributed by atoms with Crippen molar-refractivity contribution < 1.29 is 35.9 Å². The Bertz CT molecular complexity index is 1370. The zero-order valence-corrected chi connectivity index (χ0v) is 18.3. The fourth-order valence-electron chi connectivity index (χ4n) is 3.55. The number of nitrogens with one attached hydrogen (secondary N) is 1. The van der Waals surface area contributed by atoms with E-state index in [1.165, 1.54) is 4.57 Å². The van der Waals surface area contributed by atoms with Crippen LogP contribution in [0.1, 0.15) is 29.0 Å². The molecule has 1 N–H and O–H groups in total. The molecule has 4 rings (SSSR count). The number of ether oxygens (including phenoxy) is 1. The maximum absolute atomic E-state index is 15.0. The number of hydrogen-bond acceptors (Lipinski definition) is 4. The van der Waals surface area contributed by atoms with Crippen LogP contribution in [-0.4, -0.2) is 33.0 Å². The molecule has 0 saturated heterocycles. The van der Waals surface area contributed by atoms with Gasteiger partial charge in [0.05, 0.1) is 11.3 Å². The Kier molecular flexibility index (Phi) is 6.54. The summed E-state index contributed by atoms with van der Waals surface area (Å²) in [6.45, 7) is -1.50. The number of aryl methyl sites for hydroxylation is 1. The van der Waals surface area contributed by atoms with Gasteiger partial charge < -0.3 is 10.1 Å². The number of hydrogen-bond donors (Lipinski definition) is 1. The Morgan fingerprint density at radius 2 is 1.86 bits per heavy atom. The molecule has 0 atom stereocenters. The normalized spacial score (nSPS) is 13.5. The third-order valence-corrected chi connectivity index (χ3v) is 5.51. The quantitative estimate of drug-likeness (QED) is 0.393. The highest BCUT2D eigenvalue weighted by atomic mass is 35.5. The third-order valence-electron chi connectivity index (χ3n) is 5.13. The monoisotopic (exact) mass is 520 g/mol. The van der Waals surface area contributed by atoms with Crippen molar-refractivity contribution in [3.05, 3.63) is 68.6 Å². The highest BCUT2D eigenvalue weighted by molar-refractivity contribution is 6.34. The number of halogens is 7. The summed E-state index contributed by atoms with van der Waals surface area (Å²) >= 11 is 5.70. The molecule has 0 saturated carbocycles. The van der Waals surface area contributed by atoms with Gasteiger partial charge in [-0.2, -0.15) is 17.9 Å². The van der Waals surface area contributed by atoms with E-state index in [-0.39, 0.29) is 0 Å². The van der Waals surface area contributed by atoms with Crippen LogP contribution in [-0.2, 0) is 13.0 Å². The summed E-state index contributed by atoms with van der Waals surface area (Å²) in [7, 11) is 0. The molecule has 0 fully saturated rings. The van der Waals surface area contributed by atoms with E-state index in [2.05, 4.69) is 5.10 Å². The molecule has 186 valence electrons. The van der Waals surface area contributed by atoms with E-state index in [4.69, 9.17) is 16.3 Å². The molecule has 0 bridgehead atoms. The van der Waals surface area contributed by atoms with Crippen molar-refractivity contribution in [2.45, 2.75) is 32.0 Å². The molecule has 1 amide bonds. The number of anilines is 1. The molecule has 14 heteroatoms. The first-order valence-electron chi connectivity index (χ1n) is 10.1. The lowest BCUT2D eigenvalue weighted by Gasteiger charge is -2.15. The Morgan fingerprint density at radius 1 is 1.11 bits per heavy atom. The predicted octanol–water partition coefficient (Wildman–Crippen LogP) is 4.63. The van der Waals surface area contributed by atoms with Gasteiger partial charge >= 0.3 is 11.9 Å². The first kappa shape index (κ1) is 24.6. The Hall–Kier alpha value is -3.48. The van der Waals surface area contributed by atoms with Gasteiger partial charge in [0.2, 0.25) is 0 Å². The van der Waals surface area contributed by atoms with Gasteiger partial charge in [0.15, 0.2) is 6.61 Å². The lowest BCUT2D eigenvalue weighted by molar-refractivity contribution is -0.153. The number of fused-ring (bicyclic) bond motifs is 1. The molecule has 0 unspecified atom stereocenters. The van der Waals surface area contributed by atoms with Gasteiger partial charge in [0, 0.05) is 25.1 Å². The topological polar surface area (TPSA) is 78.2 Å². The molecule has 7 nitrogen and oxygen atoms in total. The molecule has 2 aromatic carbocycles. The summed E-state index contributed by atoms with van der Waals surface area (Å²) in [5.41, 5.74) is -2.54. The standard InChI is InChI=1S/C21H15ClF6N4O3/c22-18-13(25)5-10(23)6-14(18)29-19(33)11-7-12(24)15(8-16(11)35-9-21(26,27)28)32-20(34)31-4-2-1-3-17(31)30-32/h5-8H,1-4,9H2,(H,29,33). The highest BCUT2D eigenvalue weighted by Gasteiger charge is 2.30. The van der Waals surface area contributed by atoms with E-state index < -0.39 is 69.5 Å². The highest BCUT2D eigenvalue weighted by Crippen LogP contribution is 2.31. The van der Waals surface area contributed by atoms with Crippen LogP contribution in [0.5, 0.6) is 5.75 Å². The van der Waals surface area contributed by atoms with Crippen LogP contribution in [0.2, 0.25) is 5.02 Å². The van der Waals surface area contributed by atoms with Crippen molar-refractivity contribution in [2.24, 2.45) is 0 Å². The number of carbonyl (C=O) groups is 1. The largest absolute Gasteiger partial charge is 0.483 e. The molecule has 1 aliphatic rings. The van der Waals surface area contributed by atoms with Crippen molar-refractivity contribution >= 4 is 23.2 Å². The van der Waals surface area contributed by atoms with Gasteiger partial charge in [-0.25, -0.2) is 18.0 Å². The van der Waals surface area contributed by atoms with E-state index in [1.807, 2.05) is 5.32 Å². The molecule has 0 spiro atoms. The summed E-state index contributed by atoms with van der Waals surface area (Å²) < 4.78 is 87.4. The van der Waals surface area contributed by atoms with Gasteiger partial charge in [-0.1, -0.05) is 11.6 Å². The molecule has 1 aliphatic heterocycles. The predicted molar refractivity (Wildman–Crippen MR) is 112 cm³/mol. The van der Waals surface area contributed by atoms with E-state index >= 15 is 4.39 Å². The minimum absolute atomic E-state index is 0.346. The summed E-state index contributed by atoms with van der Waals surface area (Å²) in [5.74, 6) is -5.12. The Labute approximate surface area is 197 Å². The number of carbonyl (C=O) groups excluding carboxylic acids is 1. The second kappa shape index (κ2) is 9.29. The average molecular weight is 521 g/mol. The Morgan fingerprint density at radius 3 is 2.54 bits per heavy atom. The zero-order chi connectivity index (χ0) is 25.5. The lowest BCUT2D eigenvalue weighted by atomic mass is 10.1. The van der Waals surface area contributed by atoms with E-state index in [9.17, 15) is 31.5 Å². The van der Waals surface area contributed by atoms with E-state index in [0.717, 1.165) is 12.5 Å². The molecule has 2 heterocycles. The first-order valence-corrected chi connectivity index (χ1v) is 10.5. The number of nitrogens with zero attached hydrogens (tertiary/aromatic N) is 3. The van der Waals surface area contributed by atoms with E-state index in [1.54, 1.807) is 0 Å². The van der Waals surface area contributed by atoms with Gasteiger partial charge in [-0.15, -0.1) is 5.10 Å². The van der Waals surface area contributed by atoms with Gasteiger partial charge in [0.25, 0.3) is 5.91 Å². The van der Waals surface area contributed by atoms with Crippen LogP contribution in [0, 0.1) is 17.5 Å². The van der Waals surface area contributed by atoms with Crippen LogP contribution >= 0.6 is 11.6 Å². The van der Waals surface area contributed by atoms with Gasteiger partial charge in [-0.3, -0.25) is 9.36 Å². The minimum Gasteiger partial charge on any atom is -0.483 e. The zero-order valence-electron chi connectivity index (χ0n) is 17.6. The number of aromatic nitrogens is 3. The number of amides is 1. The smallest absolute Gasteiger partial charge is 0.422 e. The van der Waals surface area contributed by atoms with Crippen LogP contribution in [0.3, 0.4) is 0 Å². The van der Waals surface area contributed by atoms with Crippen LogP contribution in [0.15, 0.2) is 29.1 Å². The third kappa shape index (κ3) is 5.14. The van der Waals surface area contributed by atoms with Crippen molar-refractivity contribution in [2.75, 3.05) is 11.9 Å². The maximum Gasteiger partial charge on any atom is 0.422 e. The number of benzene rings is 2. The van der Waals surface area contributed by atoms with Crippen LogP contribution < -0.4 is 15.7 Å². The summed E-state index contributed by atoms with van der Waals surface area (Å²) in [6, 6.07) is 2.38. The fourth-order valence-corrected chi connectivity index (χ4v) is 3.71. The van der Waals surface area contributed by atoms with Crippen LogP contribution in [0.25, 0.3) is 5.69 Å². The maximum atomic E-state index is 15.0. The van der Waals surface area contributed by atoms with Crippen LogP contribution in [0.4, 0.5) is 32.0 Å². The van der Waals surface area contributed by atoms with E-state index in [0.29, 0.717) is 48.1 Å². The number of alkyl halides is 3. The summed E-state index contributed by atoms with van der Waals surface area (Å²) in [6.07, 6.45) is -2.92. The molecule has 35 heavy (non-hydrogen) atoms. The second-order valence-electron chi connectivity index (χ2n) is 7.63. The molecule has 0 aliphatic carbocycles. The second-order valence-corrected chi connectivity index (χ2v) is 8.00. The van der Waals surface area contributed by atoms with Crippen molar-refractivity contribution in [1.29, 1.82) is 0 Å². The lowest BCUT2D eigenvalue weighted by Crippen LogP contribution is -2.27. The molecule has 3 aromatic rings. The molecule has 0 radical (unpaired) electrons. The number of rotatable bonds is 5. The van der Waals surface area contributed by atoms with Gasteiger partial charge in [-0.05, 0) is 25.0 Å².